The maximum absolute atomic E-state index is 6.28. The Morgan fingerprint density at radius 1 is 0.460 bits per heavy atom. The maximum Gasteiger partial charge on any atom is 0.137 e. The van der Waals surface area contributed by atoms with Crippen molar-refractivity contribution >= 4 is 92.7 Å². The quantitative estimate of drug-likeness (QED) is 0.193. The minimum absolute atomic E-state index is 0.883. The van der Waals surface area contributed by atoms with E-state index >= 15 is 0 Å². The van der Waals surface area contributed by atoms with Crippen molar-refractivity contribution in [1.29, 1.82) is 0 Å². The molecule has 0 aliphatic rings. The minimum atomic E-state index is 0.883. The molecule has 3 nitrogen and oxygen atoms in total. The lowest BCUT2D eigenvalue weighted by Crippen LogP contribution is -2.09. The SMILES string of the molecule is c1ccc(N(c2ccc(-c3cccc4c3sc3ccc(Nc5cccc6ccccc56)cc34)cc2)c2ccc3c(c2)oc2ccccc23)cc1. The van der Waals surface area contributed by atoms with Gasteiger partial charge >= 0.3 is 0 Å². The molecule has 2 aromatic heterocycles. The van der Waals surface area contributed by atoms with E-state index in [0.29, 0.717) is 0 Å². The van der Waals surface area contributed by atoms with E-state index in [9.17, 15) is 0 Å². The van der Waals surface area contributed by atoms with Crippen molar-refractivity contribution in [3.8, 4) is 11.1 Å². The van der Waals surface area contributed by atoms with Gasteiger partial charge in [-0.2, -0.15) is 0 Å². The van der Waals surface area contributed by atoms with Gasteiger partial charge in [-0.3, -0.25) is 0 Å². The first kappa shape index (κ1) is 28.6. The monoisotopic (exact) mass is 658 g/mol. The third-order valence-electron chi connectivity index (χ3n) is 9.64. The highest BCUT2D eigenvalue weighted by Crippen LogP contribution is 2.43. The molecular weight excluding hydrogens is 629 g/mol. The molecule has 10 rings (SSSR count). The van der Waals surface area contributed by atoms with Crippen molar-refractivity contribution in [3.63, 3.8) is 0 Å². The molecule has 0 atom stereocenters. The van der Waals surface area contributed by atoms with Gasteiger partial charge in [0, 0.05) is 70.8 Å². The molecule has 0 unspecified atom stereocenters. The summed E-state index contributed by atoms with van der Waals surface area (Å²) in [6.07, 6.45) is 0. The fraction of sp³-hybridized carbons (Fsp3) is 0. The van der Waals surface area contributed by atoms with Crippen LogP contribution in [0, 0.1) is 0 Å². The lowest BCUT2D eigenvalue weighted by molar-refractivity contribution is 0.669. The lowest BCUT2D eigenvalue weighted by Gasteiger charge is -2.25. The molecule has 0 fully saturated rings. The Bertz CT molecular complexity index is 2850. The summed E-state index contributed by atoms with van der Waals surface area (Å²) in [4.78, 5) is 2.29. The molecule has 0 radical (unpaired) electrons. The van der Waals surface area contributed by atoms with Crippen LogP contribution < -0.4 is 10.2 Å². The smallest absolute Gasteiger partial charge is 0.137 e. The Labute approximate surface area is 293 Å². The number of nitrogens with one attached hydrogen (secondary N) is 1. The average Bonchev–Trinajstić information content (AvgIpc) is 3.74. The number of fused-ring (bicyclic) bond motifs is 7. The normalized spacial score (nSPS) is 11.6. The number of para-hydroxylation sites is 2. The van der Waals surface area contributed by atoms with Crippen LogP contribution in [-0.4, -0.2) is 0 Å². The molecule has 236 valence electrons. The number of furan rings is 1. The van der Waals surface area contributed by atoms with E-state index in [1.165, 1.54) is 42.1 Å². The van der Waals surface area contributed by atoms with Crippen LogP contribution >= 0.6 is 11.3 Å². The average molecular weight is 659 g/mol. The number of rotatable bonds is 6. The number of hydrogen-bond donors (Lipinski definition) is 1. The summed E-state index contributed by atoms with van der Waals surface area (Å²) in [5.41, 5.74) is 9.66. The third-order valence-corrected chi connectivity index (χ3v) is 10.9. The van der Waals surface area contributed by atoms with Gasteiger partial charge in [-0.05, 0) is 83.2 Å². The van der Waals surface area contributed by atoms with Crippen LogP contribution in [-0.2, 0) is 0 Å². The largest absolute Gasteiger partial charge is 0.456 e. The second-order valence-corrected chi connectivity index (χ2v) is 13.7. The van der Waals surface area contributed by atoms with Gasteiger partial charge in [-0.1, -0.05) is 103 Å². The Hall–Kier alpha value is -6.36. The van der Waals surface area contributed by atoms with Crippen molar-refractivity contribution in [1.82, 2.24) is 0 Å². The summed E-state index contributed by atoms with van der Waals surface area (Å²) < 4.78 is 8.86. The minimum Gasteiger partial charge on any atom is -0.456 e. The van der Waals surface area contributed by atoms with Crippen molar-refractivity contribution < 1.29 is 4.42 Å². The Morgan fingerprint density at radius 3 is 2.06 bits per heavy atom. The van der Waals surface area contributed by atoms with E-state index in [-0.39, 0.29) is 0 Å². The Morgan fingerprint density at radius 2 is 1.16 bits per heavy atom. The molecular formula is C46H30N2OS. The standard InChI is InChI=1S/C46H30N2OS/c1-2-12-33(13-3-1)48(35-25-26-39-38-15-6-7-19-43(38)49-44(39)29-35)34-23-20-31(21-24-34)37-16-9-17-40-41-28-32(22-27-45(41)50-46(37)40)47-42-18-8-11-30-10-4-5-14-36(30)42/h1-29,47H. The van der Waals surface area contributed by atoms with E-state index in [1.54, 1.807) is 0 Å². The zero-order valence-corrected chi connectivity index (χ0v) is 27.8. The molecule has 0 aliphatic heterocycles. The summed E-state index contributed by atoms with van der Waals surface area (Å²) in [5, 5.41) is 11.0. The van der Waals surface area contributed by atoms with Crippen molar-refractivity contribution in [2.75, 3.05) is 10.2 Å². The van der Waals surface area contributed by atoms with E-state index in [2.05, 4.69) is 174 Å². The van der Waals surface area contributed by atoms with Crippen LogP contribution in [0.5, 0.6) is 0 Å². The highest BCUT2D eigenvalue weighted by atomic mass is 32.1. The first-order valence-corrected chi connectivity index (χ1v) is 17.7. The lowest BCUT2D eigenvalue weighted by atomic mass is 10.0. The summed E-state index contributed by atoms with van der Waals surface area (Å²) in [6.45, 7) is 0. The molecule has 1 N–H and O–H groups in total. The van der Waals surface area contributed by atoms with E-state index in [4.69, 9.17) is 4.42 Å². The summed E-state index contributed by atoms with van der Waals surface area (Å²) in [5.74, 6) is 0. The van der Waals surface area contributed by atoms with Crippen LogP contribution in [0.25, 0.3) is 64.0 Å². The summed E-state index contributed by atoms with van der Waals surface area (Å²) in [7, 11) is 0. The van der Waals surface area contributed by atoms with Crippen LogP contribution in [0.1, 0.15) is 0 Å². The van der Waals surface area contributed by atoms with Gasteiger partial charge in [0.1, 0.15) is 11.2 Å². The predicted molar refractivity (Wildman–Crippen MR) is 214 cm³/mol. The van der Waals surface area contributed by atoms with Crippen LogP contribution in [0.3, 0.4) is 0 Å². The van der Waals surface area contributed by atoms with Crippen molar-refractivity contribution in [3.05, 3.63) is 176 Å². The molecule has 0 bridgehead atoms. The molecule has 0 saturated carbocycles. The molecule has 0 amide bonds. The van der Waals surface area contributed by atoms with Gasteiger partial charge in [0.2, 0.25) is 0 Å². The number of nitrogens with zero attached hydrogens (tertiary/aromatic N) is 1. The highest BCUT2D eigenvalue weighted by molar-refractivity contribution is 7.26. The fourth-order valence-electron chi connectivity index (χ4n) is 7.26. The maximum atomic E-state index is 6.28. The second-order valence-electron chi connectivity index (χ2n) is 12.6. The number of thiophene rings is 1. The van der Waals surface area contributed by atoms with Crippen molar-refractivity contribution in [2.24, 2.45) is 0 Å². The molecule has 0 aliphatic carbocycles. The topological polar surface area (TPSA) is 28.4 Å². The second kappa shape index (κ2) is 11.7. The number of benzene rings is 8. The van der Waals surface area contributed by atoms with E-state index in [1.807, 2.05) is 23.5 Å². The molecule has 8 aromatic carbocycles. The van der Waals surface area contributed by atoms with Gasteiger partial charge < -0.3 is 14.6 Å². The predicted octanol–water partition coefficient (Wildman–Crippen LogP) is 14.0. The van der Waals surface area contributed by atoms with Crippen LogP contribution in [0.4, 0.5) is 28.4 Å². The third kappa shape index (κ3) is 4.80. The first-order chi connectivity index (χ1) is 24.8. The van der Waals surface area contributed by atoms with Gasteiger partial charge in [-0.15, -0.1) is 11.3 Å². The highest BCUT2D eigenvalue weighted by Gasteiger charge is 2.17. The summed E-state index contributed by atoms with van der Waals surface area (Å²) in [6, 6.07) is 62.5. The van der Waals surface area contributed by atoms with Gasteiger partial charge in [0.05, 0.1) is 0 Å². The van der Waals surface area contributed by atoms with Crippen LogP contribution in [0.15, 0.2) is 180 Å². The van der Waals surface area contributed by atoms with E-state index in [0.717, 1.165) is 50.4 Å². The first-order valence-electron chi connectivity index (χ1n) is 16.8. The van der Waals surface area contributed by atoms with Gasteiger partial charge in [0.25, 0.3) is 0 Å². The fourth-order valence-corrected chi connectivity index (χ4v) is 8.48. The number of anilines is 5. The molecule has 4 heteroatoms. The number of hydrogen-bond acceptors (Lipinski definition) is 4. The van der Waals surface area contributed by atoms with Crippen molar-refractivity contribution in [2.45, 2.75) is 0 Å². The Balaban J connectivity index is 1.02. The zero-order chi connectivity index (χ0) is 33.0. The molecule has 2 heterocycles. The van der Waals surface area contributed by atoms with Crippen LogP contribution in [0.2, 0.25) is 0 Å². The Kier molecular flexibility index (Phi) is 6.68. The molecule has 0 spiro atoms. The zero-order valence-electron chi connectivity index (χ0n) is 27.0. The molecule has 50 heavy (non-hydrogen) atoms. The summed E-state index contributed by atoms with van der Waals surface area (Å²) >= 11 is 1.86. The molecule has 0 saturated heterocycles. The van der Waals surface area contributed by atoms with Gasteiger partial charge in [0.15, 0.2) is 0 Å². The van der Waals surface area contributed by atoms with E-state index < -0.39 is 0 Å². The van der Waals surface area contributed by atoms with Gasteiger partial charge in [-0.25, -0.2) is 0 Å². The molecule has 10 aromatic rings.